The molecule has 210 valence electrons. The number of ketones is 1. The van der Waals surface area contributed by atoms with E-state index in [9.17, 15) is 19.8 Å². The zero-order valence-electron chi connectivity index (χ0n) is 23.1. The maximum Gasteiger partial charge on any atom is 0.306 e. The molecule has 10 nitrogen and oxygen atoms in total. The number of ether oxygens (including phenoxy) is 2. The van der Waals surface area contributed by atoms with Gasteiger partial charge in [-0.25, -0.2) is 4.98 Å². The van der Waals surface area contributed by atoms with Crippen LogP contribution >= 0.6 is 11.3 Å². The van der Waals surface area contributed by atoms with E-state index in [2.05, 4.69) is 21.9 Å². The molecule has 3 heterocycles. The van der Waals surface area contributed by atoms with Crippen LogP contribution in [0.2, 0.25) is 0 Å². The van der Waals surface area contributed by atoms with Crippen LogP contribution in [0, 0.1) is 17.3 Å². The maximum atomic E-state index is 13.2. The molecule has 2 fully saturated rings. The van der Waals surface area contributed by atoms with Crippen LogP contribution in [0.3, 0.4) is 0 Å². The van der Waals surface area contributed by atoms with Crippen LogP contribution < -0.4 is 0 Å². The maximum absolute atomic E-state index is 13.2. The van der Waals surface area contributed by atoms with E-state index in [0.29, 0.717) is 35.0 Å². The first-order chi connectivity index (χ1) is 17.7. The van der Waals surface area contributed by atoms with Gasteiger partial charge < -0.3 is 19.7 Å². The largest absolute Gasteiger partial charge is 0.455 e. The third-order valence-electron chi connectivity index (χ3n) is 7.88. The Bertz CT molecular complexity index is 1110. The van der Waals surface area contributed by atoms with Crippen molar-refractivity contribution in [3.8, 4) is 0 Å². The Morgan fingerprint density at radius 2 is 2.03 bits per heavy atom. The van der Waals surface area contributed by atoms with Gasteiger partial charge in [0.1, 0.15) is 11.4 Å². The molecule has 6 atom stereocenters. The minimum Gasteiger partial charge on any atom is -0.455 e. The van der Waals surface area contributed by atoms with Gasteiger partial charge in [-0.1, -0.05) is 45.7 Å². The molecule has 2 saturated heterocycles. The Kier molecular flexibility index (Phi) is 9.42. The van der Waals surface area contributed by atoms with Gasteiger partial charge in [-0.15, -0.1) is 11.3 Å². The Morgan fingerprint density at radius 1 is 1.32 bits per heavy atom. The molecule has 0 saturated carbocycles. The molecule has 0 spiro atoms. The molecule has 3 rings (SSSR count). The van der Waals surface area contributed by atoms with Gasteiger partial charge >= 0.3 is 5.97 Å². The molecule has 2 N–H and O–H groups in total. The summed E-state index contributed by atoms with van der Waals surface area (Å²) in [5, 5.41) is 28.5. The van der Waals surface area contributed by atoms with Crippen molar-refractivity contribution >= 4 is 29.2 Å². The summed E-state index contributed by atoms with van der Waals surface area (Å²) in [6.07, 6.45) is 2.11. The van der Waals surface area contributed by atoms with Gasteiger partial charge in [-0.2, -0.15) is 0 Å². The summed E-state index contributed by atoms with van der Waals surface area (Å²) >= 11 is 1.32. The average molecular weight is 549 g/mol. The molecule has 0 aliphatic carbocycles. The van der Waals surface area contributed by atoms with Crippen LogP contribution in [-0.4, -0.2) is 50.5 Å². The van der Waals surface area contributed by atoms with Gasteiger partial charge in [0, 0.05) is 28.0 Å². The number of aliphatic hydroxyl groups excluding tert-OH is 1. The molecule has 6 unspecified atom stereocenters. The van der Waals surface area contributed by atoms with Crippen LogP contribution in [0.15, 0.2) is 16.1 Å². The number of carbonyl (C=O) groups is 2. The number of esters is 1. The highest BCUT2D eigenvalue weighted by Gasteiger charge is 2.71. The molecule has 0 radical (unpaired) electrons. The number of rotatable bonds is 4. The topological polar surface area (TPSA) is 158 Å². The molecule has 0 aromatic carbocycles. The van der Waals surface area contributed by atoms with E-state index < -0.39 is 35.0 Å². The van der Waals surface area contributed by atoms with E-state index in [4.69, 9.17) is 15.0 Å². The molecular formula is C27H40N4O6S. The fourth-order valence-corrected chi connectivity index (χ4v) is 6.09. The highest BCUT2D eigenvalue weighted by molar-refractivity contribution is 7.09. The summed E-state index contributed by atoms with van der Waals surface area (Å²) in [4.78, 5) is 33.3. The standard InChI is InChI=1S/C27H40N4O6S/c1-16-8-7-10-26(6)27(35,37-26)24(34)22(17(2)13-19-15-38-20(30-19)14-29-31-28)36-21(32)9-11-25(4,5)23(33)18(3)12-16/h13,15-16,18,22,24,34-35H,7-12,14H2,1-6H3. The van der Waals surface area contributed by atoms with Crippen LogP contribution in [0.5, 0.6) is 0 Å². The summed E-state index contributed by atoms with van der Waals surface area (Å²) in [5.41, 5.74) is 7.87. The van der Waals surface area contributed by atoms with E-state index in [1.807, 2.05) is 20.8 Å². The van der Waals surface area contributed by atoms with E-state index in [1.165, 1.54) is 11.3 Å². The summed E-state index contributed by atoms with van der Waals surface area (Å²) in [5.74, 6) is -2.14. The number of cyclic esters (lactones) is 1. The molecule has 0 amide bonds. The predicted molar refractivity (Wildman–Crippen MR) is 144 cm³/mol. The molecule has 2 aliphatic heterocycles. The van der Waals surface area contributed by atoms with E-state index in [-0.39, 0.29) is 24.7 Å². The smallest absolute Gasteiger partial charge is 0.306 e. The number of fused-ring (bicyclic) bond motifs is 1. The van der Waals surface area contributed by atoms with Gasteiger partial charge in [-0.3, -0.25) is 9.59 Å². The highest BCUT2D eigenvalue weighted by Crippen LogP contribution is 2.53. The Balaban J connectivity index is 1.89. The summed E-state index contributed by atoms with van der Waals surface area (Å²) in [6.45, 7) is 11.3. The number of Topliss-reactive ketones (excluding diaryl/α,β-unsaturated/α-hetero) is 1. The summed E-state index contributed by atoms with van der Waals surface area (Å²) < 4.78 is 11.5. The number of azide groups is 1. The predicted octanol–water partition coefficient (Wildman–Crippen LogP) is 5.33. The number of epoxide rings is 1. The molecule has 0 bridgehead atoms. The zero-order chi connectivity index (χ0) is 28.3. The second-order valence-corrected chi connectivity index (χ2v) is 12.7. The minimum atomic E-state index is -1.87. The van der Waals surface area contributed by atoms with Gasteiger partial charge in [0.05, 0.1) is 17.2 Å². The van der Waals surface area contributed by atoms with Crippen molar-refractivity contribution in [3.05, 3.63) is 32.1 Å². The van der Waals surface area contributed by atoms with Crippen molar-refractivity contribution in [2.45, 2.75) is 110 Å². The van der Waals surface area contributed by atoms with Crippen LogP contribution in [0.25, 0.3) is 16.5 Å². The van der Waals surface area contributed by atoms with Gasteiger partial charge in [0.15, 0.2) is 12.2 Å². The van der Waals surface area contributed by atoms with E-state index in [1.54, 1.807) is 25.3 Å². The van der Waals surface area contributed by atoms with Crippen molar-refractivity contribution < 1.29 is 29.3 Å². The Hall–Kier alpha value is -2.30. The van der Waals surface area contributed by atoms with Crippen LogP contribution in [-0.2, 0) is 25.6 Å². The number of aliphatic hydroxyl groups is 2. The summed E-state index contributed by atoms with van der Waals surface area (Å²) in [7, 11) is 0. The lowest BCUT2D eigenvalue weighted by atomic mass is 9.75. The minimum absolute atomic E-state index is 0.0128. The first-order valence-electron chi connectivity index (χ1n) is 13.2. The Labute approximate surface area is 228 Å². The lowest BCUT2D eigenvalue weighted by Gasteiger charge is -2.30. The van der Waals surface area contributed by atoms with Crippen molar-refractivity contribution in [2.24, 2.45) is 22.4 Å². The van der Waals surface area contributed by atoms with E-state index in [0.717, 1.165) is 19.3 Å². The van der Waals surface area contributed by atoms with Gasteiger partial charge in [0.2, 0.25) is 5.79 Å². The SMILES string of the molecule is CC(=Cc1csc(CN=[N+]=[N-])n1)C1OC(=O)CCC(C)(C)C(=O)C(C)CC(C)CCCC2(C)OC2(O)C1O. The van der Waals surface area contributed by atoms with Crippen molar-refractivity contribution in [2.75, 3.05) is 0 Å². The number of aromatic nitrogens is 1. The first kappa shape index (κ1) is 30.2. The third kappa shape index (κ3) is 6.82. The Morgan fingerprint density at radius 3 is 2.71 bits per heavy atom. The fourth-order valence-electron chi connectivity index (χ4n) is 5.43. The lowest BCUT2D eigenvalue weighted by Crippen LogP contribution is -2.47. The van der Waals surface area contributed by atoms with Crippen molar-refractivity contribution in [1.82, 2.24) is 4.98 Å². The molecular weight excluding hydrogens is 508 g/mol. The van der Waals surface area contributed by atoms with E-state index >= 15 is 0 Å². The number of hydrogen-bond donors (Lipinski definition) is 2. The molecule has 1 aromatic rings. The fraction of sp³-hybridized carbons (Fsp3) is 0.741. The number of thiazole rings is 1. The van der Waals surface area contributed by atoms with Gasteiger partial charge in [-0.05, 0) is 56.2 Å². The van der Waals surface area contributed by atoms with Crippen LogP contribution in [0.1, 0.15) is 90.8 Å². The summed E-state index contributed by atoms with van der Waals surface area (Å²) in [6, 6.07) is 0. The molecule has 2 aliphatic rings. The molecule has 1 aromatic heterocycles. The molecule has 38 heavy (non-hydrogen) atoms. The lowest BCUT2D eigenvalue weighted by molar-refractivity contribution is -0.165. The monoisotopic (exact) mass is 548 g/mol. The average Bonchev–Trinajstić information content (AvgIpc) is 3.16. The normalized spacial score (nSPS) is 35.1. The number of hydrogen-bond acceptors (Lipinski definition) is 9. The zero-order valence-corrected chi connectivity index (χ0v) is 24.0. The van der Waals surface area contributed by atoms with Crippen LogP contribution in [0.4, 0.5) is 0 Å². The highest BCUT2D eigenvalue weighted by atomic mass is 32.1. The quantitative estimate of drug-likeness (QED) is 0.169. The second kappa shape index (κ2) is 11.8. The second-order valence-electron chi connectivity index (χ2n) is 11.7. The number of nitrogens with zero attached hydrogens (tertiary/aromatic N) is 4. The molecule has 11 heteroatoms. The van der Waals surface area contributed by atoms with Gasteiger partial charge in [0.25, 0.3) is 0 Å². The van der Waals surface area contributed by atoms with Crippen molar-refractivity contribution in [1.29, 1.82) is 0 Å². The van der Waals surface area contributed by atoms with Crippen molar-refractivity contribution in [3.63, 3.8) is 0 Å². The first-order valence-corrected chi connectivity index (χ1v) is 14.1. The number of carbonyl (C=O) groups excluding carboxylic acids is 2. The third-order valence-corrected chi connectivity index (χ3v) is 8.73.